The lowest BCUT2D eigenvalue weighted by Gasteiger charge is -2.30. The molecule has 0 aromatic carbocycles. The van der Waals surface area contributed by atoms with Gasteiger partial charge >= 0.3 is 0 Å². The third kappa shape index (κ3) is 60.7. The van der Waals surface area contributed by atoms with E-state index in [1.54, 1.807) is 0 Å². The lowest BCUT2D eigenvalue weighted by molar-refractivity contribution is -0.870. The molecule has 0 spiro atoms. The molecule has 0 aromatic rings. The Morgan fingerprint density at radius 2 is 0.733 bits per heavy atom. The standard InChI is InChI=1S/C66H133N2O6P/c1-6-8-10-12-14-16-18-20-22-24-26-28-30-31-32-33-34-35-36-38-39-41-43-45-47-49-51-53-55-57-59-65(69)64(63-74-75(71,72)73-62-61-68(3,4)5)67-66(70)60-58-56-54-52-50-48-46-44-42-40-37-29-27-25-23-21-19-17-15-13-11-9-7-2/h25,27,64-65,69H,6-24,26,28-63H2,1-5H3,(H-,67,70,71,72)/b27-25-. The summed E-state index contributed by atoms with van der Waals surface area (Å²) in [6, 6.07) is -0.800. The Balaban J connectivity index is 4.02. The van der Waals surface area contributed by atoms with Crippen molar-refractivity contribution >= 4 is 13.7 Å². The quantitative estimate of drug-likeness (QED) is 0.0272. The monoisotopic (exact) mass is 1080 g/mol. The highest BCUT2D eigenvalue weighted by atomic mass is 31.2. The molecule has 0 heterocycles. The van der Waals surface area contributed by atoms with Crippen LogP contribution in [-0.2, 0) is 18.4 Å². The van der Waals surface area contributed by atoms with Gasteiger partial charge in [-0.25, -0.2) is 0 Å². The summed E-state index contributed by atoms with van der Waals surface area (Å²) in [5, 5.41) is 14.1. The number of allylic oxidation sites excluding steroid dienone is 2. The van der Waals surface area contributed by atoms with Gasteiger partial charge < -0.3 is 28.8 Å². The largest absolute Gasteiger partial charge is 0.756 e. The minimum atomic E-state index is -4.58. The highest BCUT2D eigenvalue weighted by Crippen LogP contribution is 2.38. The van der Waals surface area contributed by atoms with Crippen molar-refractivity contribution in [2.24, 2.45) is 0 Å². The summed E-state index contributed by atoms with van der Waals surface area (Å²) in [6.45, 7) is 4.78. The van der Waals surface area contributed by atoms with E-state index < -0.39 is 20.0 Å². The number of quaternary nitrogens is 1. The normalized spacial score (nSPS) is 13.7. The topological polar surface area (TPSA) is 108 Å². The van der Waals surface area contributed by atoms with Crippen molar-refractivity contribution in [3.63, 3.8) is 0 Å². The van der Waals surface area contributed by atoms with Crippen LogP contribution in [0.3, 0.4) is 0 Å². The lowest BCUT2D eigenvalue weighted by atomic mass is 10.0. The summed E-state index contributed by atoms with van der Waals surface area (Å²) in [5.41, 5.74) is 0. The van der Waals surface area contributed by atoms with E-state index in [9.17, 15) is 19.4 Å². The number of hydrogen-bond acceptors (Lipinski definition) is 6. The molecular weight excluding hydrogens is 948 g/mol. The number of nitrogens with one attached hydrogen (secondary N) is 1. The molecule has 75 heavy (non-hydrogen) atoms. The fourth-order valence-electron chi connectivity index (χ4n) is 10.5. The van der Waals surface area contributed by atoms with Gasteiger partial charge in [-0.1, -0.05) is 321 Å². The van der Waals surface area contributed by atoms with Crippen molar-refractivity contribution < 1.29 is 32.9 Å². The number of amides is 1. The predicted octanol–water partition coefficient (Wildman–Crippen LogP) is 20.3. The van der Waals surface area contributed by atoms with Crippen LogP contribution in [0.25, 0.3) is 0 Å². The number of carbonyl (C=O) groups is 1. The smallest absolute Gasteiger partial charge is 0.268 e. The molecule has 0 saturated carbocycles. The van der Waals surface area contributed by atoms with E-state index in [1.165, 1.54) is 289 Å². The van der Waals surface area contributed by atoms with Gasteiger partial charge in [0.15, 0.2) is 0 Å². The summed E-state index contributed by atoms with van der Waals surface area (Å²) >= 11 is 0. The maximum atomic E-state index is 13.0. The number of rotatable bonds is 63. The van der Waals surface area contributed by atoms with Gasteiger partial charge in [0, 0.05) is 6.42 Å². The van der Waals surface area contributed by atoms with Crippen LogP contribution in [0.15, 0.2) is 12.2 Å². The highest BCUT2D eigenvalue weighted by molar-refractivity contribution is 7.45. The van der Waals surface area contributed by atoms with Gasteiger partial charge in [0.2, 0.25) is 5.91 Å². The second-order valence-electron chi connectivity index (χ2n) is 24.5. The van der Waals surface area contributed by atoms with E-state index in [0.29, 0.717) is 23.9 Å². The second-order valence-corrected chi connectivity index (χ2v) is 25.9. The van der Waals surface area contributed by atoms with Gasteiger partial charge in [-0.2, -0.15) is 0 Å². The lowest BCUT2D eigenvalue weighted by Crippen LogP contribution is -2.46. The van der Waals surface area contributed by atoms with Gasteiger partial charge in [0.1, 0.15) is 13.2 Å². The van der Waals surface area contributed by atoms with Crippen molar-refractivity contribution in [1.82, 2.24) is 5.32 Å². The number of nitrogens with zero attached hydrogens (tertiary/aromatic N) is 1. The molecule has 3 unspecified atom stereocenters. The summed E-state index contributed by atoms with van der Waals surface area (Å²) in [6.07, 6.45) is 72.8. The Labute approximate surface area is 469 Å². The first-order valence-electron chi connectivity index (χ1n) is 33.5. The van der Waals surface area contributed by atoms with Crippen molar-refractivity contribution in [1.29, 1.82) is 0 Å². The van der Waals surface area contributed by atoms with Crippen molar-refractivity contribution in [2.75, 3.05) is 40.9 Å². The highest BCUT2D eigenvalue weighted by Gasteiger charge is 2.24. The van der Waals surface area contributed by atoms with E-state index in [1.807, 2.05) is 21.1 Å². The second kappa shape index (κ2) is 57.9. The molecule has 1 amide bonds. The Kier molecular flexibility index (Phi) is 57.3. The predicted molar refractivity (Wildman–Crippen MR) is 326 cm³/mol. The SMILES string of the molecule is CCCCCCCCCC/C=C\CCCCCCCCCCCCCC(=O)NC(COP(=O)([O-])OCC[N+](C)(C)C)C(O)CCCCCCCCCCCCCCCCCCCCCCCCCCCCCCCC. The molecule has 0 rings (SSSR count). The summed E-state index contributed by atoms with van der Waals surface area (Å²) < 4.78 is 23.5. The molecule has 9 heteroatoms. The number of phosphoric ester groups is 1. The van der Waals surface area contributed by atoms with E-state index in [-0.39, 0.29) is 19.1 Å². The number of aliphatic hydroxyl groups is 1. The molecule has 3 atom stereocenters. The van der Waals surface area contributed by atoms with Crippen LogP contribution in [0.5, 0.6) is 0 Å². The first-order chi connectivity index (χ1) is 36.5. The van der Waals surface area contributed by atoms with Crippen molar-refractivity contribution in [3.8, 4) is 0 Å². The van der Waals surface area contributed by atoms with Gasteiger partial charge in [0.05, 0.1) is 39.9 Å². The maximum Gasteiger partial charge on any atom is 0.268 e. The zero-order valence-electron chi connectivity index (χ0n) is 51.3. The van der Waals surface area contributed by atoms with Crippen LogP contribution >= 0.6 is 7.82 Å². The Hall–Kier alpha value is -0.760. The first kappa shape index (κ1) is 74.2. The van der Waals surface area contributed by atoms with Gasteiger partial charge in [-0.05, 0) is 38.5 Å². The fraction of sp³-hybridized carbons (Fsp3) is 0.955. The molecular formula is C66H133N2O6P. The maximum absolute atomic E-state index is 13.0. The molecule has 0 saturated heterocycles. The molecule has 0 aliphatic carbocycles. The molecule has 0 aliphatic rings. The average molecular weight is 1080 g/mol. The number of aliphatic hydroxyl groups excluding tert-OH is 1. The number of unbranched alkanes of at least 4 members (excludes halogenated alkanes) is 48. The summed E-state index contributed by atoms with van der Waals surface area (Å²) in [7, 11) is 1.32. The Morgan fingerprint density at radius 1 is 0.453 bits per heavy atom. The van der Waals surface area contributed by atoms with E-state index in [4.69, 9.17) is 9.05 Å². The molecule has 0 radical (unpaired) electrons. The number of likely N-dealkylation sites (N-methyl/N-ethyl adjacent to an activating group) is 1. The van der Waals surface area contributed by atoms with Crippen LogP contribution in [0, 0.1) is 0 Å². The van der Waals surface area contributed by atoms with Crippen molar-refractivity contribution in [2.45, 2.75) is 366 Å². The molecule has 8 nitrogen and oxygen atoms in total. The Bertz CT molecular complexity index is 1230. The van der Waals surface area contributed by atoms with E-state index in [0.717, 1.165) is 38.5 Å². The minimum absolute atomic E-state index is 0.0149. The van der Waals surface area contributed by atoms with Crippen LogP contribution in [0.1, 0.15) is 354 Å². The first-order valence-corrected chi connectivity index (χ1v) is 35.0. The van der Waals surface area contributed by atoms with Gasteiger partial charge in [0.25, 0.3) is 7.82 Å². The van der Waals surface area contributed by atoms with Crippen LogP contribution in [0.2, 0.25) is 0 Å². The van der Waals surface area contributed by atoms with Crippen LogP contribution < -0.4 is 10.2 Å². The molecule has 448 valence electrons. The molecule has 0 aromatic heterocycles. The minimum Gasteiger partial charge on any atom is -0.756 e. The zero-order valence-corrected chi connectivity index (χ0v) is 52.2. The number of hydrogen-bond donors (Lipinski definition) is 2. The third-order valence-corrected chi connectivity index (χ3v) is 16.7. The molecule has 0 aliphatic heterocycles. The fourth-order valence-corrected chi connectivity index (χ4v) is 11.2. The van der Waals surface area contributed by atoms with E-state index >= 15 is 0 Å². The summed E-state index contributed by atoms with van der Waals surface area (Å²) in [4.78, 5) is 25.6. The van der Waals surface area contributed by atoms with Gasteiger partial charge in [-0.15, -0.1) is 0 Å². The van der Waals surface area contributed by atoms with Gasteiger partial charge in [-0.3, -0.25) is 9.36 Å². The number of carbonyl (C=O) groups excluding carboxylic acids is 1. The summed E-state index contributed by atoms with van der Waals surface area (Å²) in [5.74, 6) is -0.158. The Morgan fingerprint density at radius 3 is 1.04 bits per heavy atom. The third-order valence-electron chi connectivity index (χ3n) is 15.8. The van der Waals surface area contributed by atoms with E-state index in [2.05, 4.69) is 31.3 Å². The van der Waals surface area contributed by atoms with Crippen LogP contribution in [0.4, 0.5) is 0 Å². The molecule has 0 fully saturated rings. The molecule has 0 bridgehead atoms. The molecule has 2 N–H and O–H groups in total. The zero-order chi connectivity index (χ0) is 54.9. The van der Waals surface area contributed by atoms with Crippen LogP contribution in [-0.4, -0.2) is 68.5 Å². The van der Waals surface area contributed by atoms with Crippen molar-refractivity contribution in [3.05, 3.63) is 12.2 Å². The number of phosphoric acid groups is 1. The average Bonchev–Trinajstić information content (AvgIpc) is 3.37.